The van der Waals surface area contributed by atoms with Crippen LogP contribution >= 0.6 is 0 Å². The van der Waals surface area contributed by atoms with Crippen molar-refractivity contribution in [1.29, 1.82) is 0 Å². The number of nitrogens with zero attached hydrogens (tertiary/aromatic N) is 1. The highest BCUT2D eigenvalue weighted by molar-refractivity contribution is 5.76. The molecule has 1 aromatic carbocycles. The fourth-order valence-corrected chi connectivity index (χ4v) is 1.28. The molecule has 15 heavy (non-hydrogen) atoms. The zero-order valence-electron chi connectivity index (χ0n) is 7.72. The minimum Gasteiger partial charge on any atom is -0.455 e. The molecule has 1 heterocycles. The van der Waals surface area contributed by atoms with Crippen molar-refractivity contribution in [3.63, 3.8) is 0 Å². The van der Waals surface area contributed by atoms with E-state index in [2.05, 4.69) is 5.16 Å². The maximum Gasteiger partial charge on any atom is 0.149 e. The topological polar surface area (TPSA) is 45.7 Å². The fraction of sp³-hybridized carbons (Fsp3) is 0. The van der Waals surface area contributed by atoms with E-state index in [0.717, 1.165) is 6.21 Å². The molecule has 2 aromatic rings. The summed E-state index contributed by atoms with van der Waals surface area (Å²) in [5.41, 5.74) is 0.384. The van der Waals surface area contributed by atoms with Crippen LogP contribution < -0.4 is 0 Å². The Balaban J connectivity index is 2.42. The molecular weight excluding hydrogens is 197 g/mol. The zero-order chi connectivity index (χ0) is 10.7. The van der Waals surface area contributed by atoms with Crippen LogP contribution in [0.2, 0.25) is 0 Å². The summed E-state index contributed by atoms with van der Waals surface area (Å²) in [6.45, 7) is 0. The molecule has 0 amide bonds. The highest BCUT2D eigenvalue weighted by Gasteiger charge is 2.07. The molecule has 2 rings (SSSR count). The summed E-state index contributed by atoms with van der Waals surface area (Å²) >= 11 is 0. The van der Waals surface area contributed by atoms with E-state index in [1.807, 2.05) is 0 Å². The van der Waals surface area contributed by atoms with Crippen molar-refractivity contribution in [2.75, 3.05) is 0 Å². The van der Waals surface area contributed by atoms with Crippen LogP contribution in [0.5, 0.6) is 0 Å². The second-order valence-corrected chi connectivity index (χ2v) is 2.93. The number of halogens is 1. The van der Waals surface area contributed by atoms with E-state index in [1.54, 1.807) is 30.3 Å². The van der Waals surface area contributed by atoms with Gasteiger partial charge in [0.1, 0.15) is 23.6 Å². The molecule has 4 heteroatoms. The van der Waals surface area contributed by atoms with Crippen molar-refractivity contribution >= 4 is 6.21 Å². The van der Waals surface area contributed by atoms with Gasteiger partial charge in [-0.3, -0.25) is 0 Å². The molecule has 0 saturated heterocycles. The number of furan rings is 1. The minimum absolute atomic E-state index is 0.348. The number of oxime groups is 1. The van der Waals surface area contributed by atoms with Gasteiger partial charge in [0.2, 0.25) is 0 Å². The van der Waals surface area contributed by atoms with Crippen LogP contribution in [0, 0.1) is 5.82 Å². The Bertz CT molecular complexity index is 491. The highest BCUT2D eigenvalue weighted by Crippen LogP contribution is 2.23. The molecule has 0 aliphatic carbocycles. The molecule has 0 bridgehead atoms. The van der Waals surface area contributed by atoms with Crippen LogP contribution in [-0.4, -0.2) is 11.4 Å². The van der Waals surface area contributed by atoms with Crippen LogP contribution in [-0.2, 0) is 0 Å². The van der Waals surface area contributed by atoms with Gasteiger partial charge in [0.25, 0.3) is 0 Å². The Morgan fingerprint density at radius 3 is 2.73 bits per heavy atom. The number of hydrogen-bond donors (Lipinski definition) is 1. The van der Waals surface area contributed by atoms with Crippen molar-refractivity contribution in [2.24, 2.45) is 5.16 Å². The van der Waals surface area contributed by atoms with Gasteiger partial charge in [0.05, 0.1) is 5.56 Å². The lowest BCUT2D eigenvalue weighted by atomic mass is 10.1. The standard InChI is InChI=1S/C11H8FNO2/c12-10-4-2-1-3-9(10)11-6-5-8(15-11)7-13-14/h1-7,14H/b13-7-. The molecule has 0 fully saturated rings. The van der Waals surface area contributed by atoms with E-state index >= 15 is 0 Å². The van der Waals surface area contributed by atoms with Crippen LogP contribution in [0.15, 0.2) is 46.0 Å². The highest BCUT2D eigenvalue weighted by atomic mass is 19.1. The number of rotatable bonds is 2. The molecule has 0 spiro atoms. The van der Waals surface area contributed by atoms with E-state index in [9.17, 15) is 4.39 Å². The van der Waals surface area contributed by atoms with Crippen LogP contribution in [0.4, 0.5) is 4.39 Å². The van der Waals surface area contributed by atoms with Crippen molar-refractivity contribution < 1.29 is 14.0 Å². The molecule has 1 aromatic heterocycles. The molecule has 0 unspecified atom stereocenters. The first-order valence-corrected chi connectivity index (χ1v) is 4.33. The van der Waals surface area contributed by atoms with Gasteiger partial charge in [-0.2, -0.15) is 0 Å². The predicted molar refractivity (Wildman–Crippen MR) is 53.5 cm³/mol. The SMILES string of the molecule is O/N=C\c1ccc(-c2ccccc2F)o1. The van der Waals surface area contributed by atoms with Gasteiger partial charge in [-0.15, -0.1) is 0 Å². The Kier molecular flexibility index (Phi) is 2.49. The monoisotopic (exact) mass is 205 g/mol. The van der Waals surface area contributed by atoms with Gasteiger partial charge >= 0.3 is 0 Å². The quantitative estimate of drug-likeness (QED) is 0.465. The van der Waals surface area contributed by atoms with Gasteiger partial charge in [-0.25, -0.2) is 4.39 Å². The first-order chi connectivity index (χ1) is 7.31. The molecule has 0 radical (unpaired) electrons. The van der Waals surface area contributed by atoms with E-state index < -0.39 is 0 Å². The predicted octanol–water partition coefficient (Wildman–Crippen LogP) is 2.89. The second kappa shape index (κ2) is 3.96. The lowest BCUT2D eigenvalue weighted by Gasteiger charge is -1.97. The largest absolute Gasteiger partial charge is 0.455 e. The summed E-state index contributed by atoms with van der Waals surface area (Å²) in [4.78, 5) is 0. The molecule has 76 valence electrons. The second-order valence-electron chi connectivity index (χ2n) is 2.93. The van der Waals surface area contributed by atoms with E-state index in [4.69, 9.17) is 9.62 Å². The third kappa shape index (κ3) is 1.88. The lowest BCUT2D eigenvalue weighted by molar-refractivity contribution is 0.321. The summed E-state index contributed by atoms with van der Waals surface area (Å²) in [5.74, 6) is 0.429. The summed E-state index contributed by atoms with van der Waals surface area (Å²) in [6, 6.07) is 9.53. The molecule has 0 saturated carbocycles. The van der Waals surface area contributed by atoms with Crippen LogP contribution in [0.1, 0.15) is 5.76 Å². The Hall–Kier alpha value is -2.10. The molecule has 0 atom stereocenters. The van der Waals surface area contributed by atoms with Gasteiger partial charge in [0, 0.05) is 0 Å². The molecule has 0 aliphatic rings. The van der Waals surface area contributed by atoms with Crippen molar-refractivity contribution in [2.45, 2.75) is 0 Å². The van der Waals surface area contributed by atoms with Gasteiger partial charge in [0.15, 0.2) is 0 Å². The van der Waals surface area contributed by atoms with Crippen molar-refractivity contribution in [3.05, 3.63) is 48.0 Å². The Labute approximate surface area is 85.5 Å². The smallest absolute Gasteiger partial charge is 0.149 e. The summed E-state index contributed by atoms with van der Waals surface area (Å²) in [7, 11) is 0. The molecule has 0 aliphatic heterocycles. The van der Waals surface area contributed by atoms with E-state index in [-0.39, 0.29) is 5.82 Å². The third-order valence-corrected chi connectivity index (χ3v) is 1.95. The summed E-state index contributed by atoms with van der Waals surface area (Å²) < 4.78 is 18.6. The van der Waals surface area contributed by atoms with Gasteiger partial charge in [-0.05, 0) is 24.3 Å². The first kappa shape index (κ1) is 9.45. The zero-order valence-corrected chi connectivity index (χ0v) is 7.72. The first-order valence-electron chi connectivity index (χ1n) is 4.33. The van der Waals surface area contributed by atoms with E-state index in [0.29, 0.717) is 17.1 Å². The molecule has 1 N–H and O–H groups in total. The van der Waals surface area contributed by atoms with Gasteiger partial charge < -0.3 is 9.62 Å². The number of benzene rings is 1. The van der Waals surface area contributed by atoms with Gasteiger partial charge in [-0.1, -0.05) is 17.3 Å². The molecule has 3 nitrogen and oxygen atoms in total. The van der Waals surface area contributed by atoms with Crippen molar-refractivity contribution in [1.82, 2.24) is 0 Å². The molecular formula is C11H8FNO2. The minimum atomic E-state index is -0.348. The van der Waals surface area contributed by atoms with Crippen LogP contribution in [0.3, 0.4) is 0 Å². The maximum absolute atomic E-state index is 13.3. The third-order valence-electron chi connectivity index (χ3n) is 1.95. The normalized spacial score (nSPS) is 11.0. The summed E-state index contributed by atoms with van der Waals surface area (Å²) in [6.07, 6.45) is 1.14. The fourth-order valence-electron chi connectivity index (χ4n) is 1.28. The lowest BCUT2D eigenvalue weighted by Crippen LogP contribution is -1.80. The van der Waals surface area contributed by atoms with Crippen molar-refractivity contribution in [3.8, 4) is 11.3 Å². The Morgan fingerprint density at radius 1 is 1.20 bits per heavy atom. The Morgan fingerprint density at radius 2 is 2.00 bits per heavy atom. The average molecular weight is 205 g/mol. The maximum atomic E-state index is 13.3. The summed E-state index contributed by atoms with van der Waals surface area (Å²) in [5, 5.41) is 11.1. The average Bonchev–Trinajstić information content (AvgIpc) is 2.68. The number of hydrogen-bond acceptors (Lipinski definition) is 3. The van der Waals surface area contributed by atoms with Crippen LogP contribution in [0.25, 0.3) is 11.3 Å². The van der Waals surface area contributed by atoms with E-state index in [1.165, 1.54) is 6.07 Å².